The average molecular weight is 453 g/mol. The van der Waals surface area contributed by atoms with Crippen LogP contribution in [0.2, 0.25) is 0 Å². The van der Waals surface area contributed by atoms with Gasteiger partial charge in [0.1, 0.15) is 0 Å². The number of nitrogens with one attached hydrogen (secondary N) is 2. The molecule has 0 saturated heterocycles. The van der Waals surface area contributed by atoms with E-state index in [2.05, 4.69) is 10.1 Å². The van der Waals surface area contributed by atoms with Crippen LogP contribution >= 0.6 is 0 Å². The molecule has 0 radical (unpaired) electrons. The molecular weight excluding hydrogens is 434 g/mol. The number of amides is 4. The molecule has 12 nitrogen and oxygen atoms in total. The zero-order chi connectivity index (χ0) is 23.3. The molecule has 4 amide bonds. The van der Waals surface area contributed by atoms with Crippen LogP contribution in [0.15, 0.2) is 40.3 Å². The van der Waals surface area contributed by atoms with Crippen LogP contribution in [0.5, 0.6) is 0 Å². The number of sulfonamides is 1. The number of rotatable bonds is 7. The highest BCUT2D eigenvalue weighted by molar-refractivity contribution is 7.90. The van der Waals surface area contributed by atoms with Crippen LogP contribution in [0.4, 0.5) is 9.59 Å². The first-order chi connectivity index (χ1) is 14.5. The molecule has 166 valence electrons. The van der Waals surface area contributed by atoms with Crippen molar-refractivity contribution >= 4 is 39.8 Å². The number of imide groups is 1. The Balaban J connectivity index is 1.97. The van der Waals surface area contributed by atoms with E-state index < -0.39 is 52.8 Å². The summed E-state index contributed by atoms with van der Waals surface area (Å²) in [6.07, 6.45) is -1.68. The molecule has 1 aliphatic heterocycles. The fourth-order valence-electron chi connectivity index (χ4n) is 2.68. The second-order valence-electron chi connectivity index (χ2n) is 6.42. The van der Waals surface area contributed by atoms with E-state index in [4.69, 9.17) is 5.11 Å². The minimum absolute atomic E-state index is 0.0198. The number of benzene rings is 1. The number of urea groups is 1. The highest BCUT2D eigenvalue weighted by Gasteiger charge is 2.33. The number of hydrogen-bond donors (Lipinski definition) is 3. The summed E-state index contributed by atoms with van der Waals surface area (Å²) in [5.41, 5.74) is 0.545. The molecule has 1 aliphatic rings. The van der Waals surface area contributed by atoms with Gasteiger partial charge in [-0.25, -0.2) is 22.7 Å². The van der Waals surface area contributed by atoms with Gasteiger partial charge in [-0.05, 0) is 36.8 Å². The van der Waals surface area contributed by atoms with E-state index in [1.54, 1.807) is 11.6 Å². The topological polar surface area (TPSA) is 176 Å². The van der Waals surface area contributed by atoms with Crippen molar-refractivity contribution in [3.05, 3.63) is 41.0 Å². The van der Waals surface area contributed by atoms with E-state index in [9.17, 15) is 32.4 Å². The van der Waals surface area contributed by atoms with E-state index in [0.29, 0.717) is 5.57 Å². The maximum atomic E-state index is 12.3. The maximum absolute atomic E-state index is 12.3. The van der Waals surface area contributed by atoms with Gasteiger partial charge in [0.25, 0.3) is 15.9 Å². The predicted molar refractivity (Wildman–Crippen MR) is 104 cm³/mol. The second kappa shape index (κ2) is 9.38. The number of aliphatic carboxylic acids is 1. The lowest BCUT2D eigenvalue weighted by Crippen LogP contribution is -2.43. The second-order valence-corrected chi connectivity index (χ2v) is 8.11. The van der Waals surface area contributed by atoms with Gasteiger partial charge in [-0.2, -0.15) is 0 Å². The quantitative estimate of drug-likeness (QED) is 0.489. The number of Topliss-reactive ketones (excluding diaryl/α,β-unsaturated/α-hetero) is 1. The van der Waals surface area contributed by atoms with Crippen molar-refractivity contribution in [3.8, 4) is 0 Å². The Kier molecular flexibility index (Phi) is 7.12. The predicted octanol–water partition coefficient (Wildman–Crippen LogP) is 0.257. The standard InChI is InChI=1S/C18H19N3O9S/c1-10-9-21(16(25)13(10)7-15(23)24)17(26)19-8-14(22)11-3-5-12(6-4-11)31(28,29)20-18(27)30-2/h3-6H,7-9H2,1-2H3,(H,19,26)(H,20,27)(H,23,24). The molecule has 13 heteroatoms. The molecule has 31 heavy (non-hydrogen) atoms. The molecule has 3 N–H and O–H groups in total. The van der Waals surface area contributed by atoms with Gasteiger partial charge in [0.2, 0.25) is 0 Å². The van der Waals surface area contributed by atoms with Gasteiger partial charge >= 0.3 is 18.1 Å². The van der Waals surface area contributed by atoms with E-state index in [0.717, 1.165) is 24.1 Å². The SMILES string of the molecule is COC(=O)NS(=O)(=O)c1ccc(C(=O)CNC(=O)N2CC(C)=C(CC(=O)O)C2=O)cc1. The number of methoxy groups -OCH3 is 1. The number of hydrogen-bond acceptors (Lipinski definition) is 8. The first kappa shape index (κ1) is 23.5. The molecule has 1 heterocycles. The Morgan fingerprint density at radius 3 is 2.32 bits per heavy atom. The van der Waals surface area contributed by atoms with Crippen molar-refractivity contribution in [2.24, 2.45) is 0 Å². The summed E-state index contributed by atoms with van der Waals surface area (Å²) >= 11 is 0. The van der Waals surface area contributed by atoms with Crippen molar-refractivity contribution in [3.63, 3.8) is 0 Å². The molecule has 1 aromatic rings. The Hall–Kier alpha value is -3.74. The largest absolute Gasteiger partial charge is 0.481 e. The average Bonchev–Trinajstić information content (AvgIpc) is 2.99. The third-order valence-corrected chi connectivity index (χ3v) is 5.60. The van der Waals surface area contributed by atoms with Crippen molar-refractivity contribution in [2.75, 3.05) is 20.2 Å². The Labute approximate surface area is 176 Å². The lowest BCUT2D eigenvalue weighted by Gasteiger charge is -2.15. The number of nitrogens with zero attached hydrogens (tertiary/aromatic N) is 1. The first-order valence-electron chi connectivity index (χ1n) is 8.70. The summed E-state index contributed by atoms with van der Waals surface area (Å²) in [6, 6.07) is 3.71. The number of ketones is 1. The smallest absolute Gasteiger partial charge is 0.420 e. The maximum Gasteiger partial charge on any atom is 0.420 e. The molecule has 0 spiro atoms. The van der Waals surface area contributed by atoms with E-state index in [1.165, 1.54) is 12.1 Å². The third-order valence-electron chi connectivity index (χ3n) is 4.28. The van der Waals surface area contributed by atoms with Crippen LogP contribution in [-0.4, -0.2) is 68.4 Å². The third kappa shape index (κ3) is 5.66. The highest BCUT2D eigenvalue weighted by atomic mass is 32.2. The van der Waals surface area contributed by atoms with Crippen LogP contribution < -0.4 is 10.0 Å². The normalized spacial score (nSPS) is 13.7. The highest BCUT2D eigenvalue weighted by Crippen LogP contribution is 2.21. The monoisotopic (exact) mass is 453 g/mol. The molecule has 2 rings (SSSR count). The summed E-state index contributed by atoms with van der Waals surface area (Å²) in [6.45, 7) is 0.975. The zero-order valence-electron chi connectivity index (χ0n) is 16.5. The van der Waals surface area contributed by atoms with Gasteiger partial charge in [0.15, 0.2) is 5.78 Å². The molecule has 0 aliphatic carbocycles. The molecule has 0 aromatic heterocycles. The lowest BCUT2D eigenvalue weighted by atomic mass is 10.1. The molecule has 0 unspecified atom stereocenters. The van der Waals surface area contributed by atoms with Crippen LogP contribution in [0, 0.1) is 0 Å². The molecule has 1 aromatic carbocycles. The summed E-state index contributed by atoms with van der Waals surface area (Å²) < 4.78 is 29.8. The Morgan fingerprint density at radius 2 is 1.77 bits per heavy atom. The zero-order valence-corrected chi connectivity index (χ0v) is 17.3. The summed E-state index contributed by atoms with van der Waals surface area (Å²) in [4.78, 5) is 59.1. The minimum Gasteiger partial charge on any atom is -0.481 e. The van der Waals surface area contributed by atoms with E-state index in [-0.39, 0.29) is 22.6 Å². The molecule has 0 bridgehead atoms. The van der Waals surface area contributed by atoms with Crippen LogP contribution in [0.1, 0.15) is 23.7 Å². The fraction of sp³-hybridized carbons (Fsp3) is 0.278. The molecular formula is C18H19N3O9S. The number of carbonyl (C=O) groups is 5. The van der Waals surface area contributed by atoms with Crippen LogP contribution in [0.3, 0.4) is 0 Å². The Morgan fingerprint density at radius 1 is 1.16 bits per heavy atom. The molecule has 0 atom stereocenters. The lowest BCUT2D eigenvalue weighted by molar-refractivity contribution is -0.137. The van der Waals surface area contributed by atoms with Gasteiger partial charge in [0.05, 0.1) is 31.5 Å². The van der Waals surface area contributed by atoms with Gasteiger partial charge in [-0.3, -0.25) is 19.3 Å². The summed E-state index contributed by atoms with van der Waals surface area (Å²) in [7, 11) is -3.17. The minimum atomic E-state index is -4.17. The van der Waals surface area contributed by atoms with Crippen molar-refractivity contribution < 1.29 is 42.2 Å². The van der Waals surface area contributed by atoms with Crippen molar-refractivity contribution in [2.45, 2.75) is 18.2 Å². The van der Waals surface area contributed by atoms with E-state index in [1.807, 2.05) is 0 Å². The number of carboxylic acid groups (broad SMARTS) is 1. The molecule has 0 saturated carbocycles. The van der Waals surface area contributed by atoms with Gasteiger partial charge in [0, 0.05) is 11.1 Å². The van der Waals surface area contributed by atoms with Gasteiger partial charge in [-0.1, -0.05) is 0 Å². The van der Waals surface area contributed by atoms with Crippen molar-refractivity contribution in [1.29, 1.82) is 0 Å². The van der Waals surface area contributed by atoms with Gasteiger partial charge < -0.3 is 15.2 Å². The number of ether oxygens (including phenoxy) is 1. The van der Waals surface area contributed by atoms with E-state index >= 15 is 0 Å². The molecule has 0 fully saturated rings. The van der Waals surface area contributed by atoms with Crippen LogP contribution in [-0.2, 0) is 24.3 Å². The summed E-state index contributed by atoms with van der Waals surface area (Å²) in [5, 5.41) is 11.1. The van der Waals surface area contributed by atoms with Crippen LogP contribution in [0.25, 0.3) is 0 Å². The first-order valence-corrected chi connectivity index (χ1v) is 10.2. The number of carboxylic acids is 1. The Bertz CT molecular complexity index is 1070. The fourth-order valence-corrected chi connectivity index (χ4v) is 3.59. The van der Waals surface area contributed by atoms with Gasteiger partial charge in [-0.15, -0.1) is 0 Å². The van der Waals surface area contributed by atoms with Crippen molar-refractivity contribution in [1.82, 2.24) is 14.9 Å². The number of carbonyl (C=O) groups excluding carboxylic acids is 4. The summed E-state index contributed by atoms with van der Waals surface area (Å²) in [5.74, 6) is -2.51.